The zero-order chi connectivity index (χ0) is 10.7. The average molecular weight is 208 g/mol. The number of nitrogens with one attached hydrogen (secondary N) is 1. The molecule has 1 aromatic rings. The fraction of sp³-hybridized carbons (Fsp3) is 0.444. The van der Waals surface area contributed by atoms with E-state index in [1.807, 2.05) is 0 Å². The van der Waals surface area contributed by atoms with E-state index in [9.17, 15) is 0 Å². The van der Waals surface area contributed by atoms with E-state index in [1.54, 1.807) is 6.07 Å². The molecular weight excluding hydrogens is 196 g/mol. The van der Waals surface area contributed by atoms with Crippen LogP contribution in [0.15, 0.2) is 12.3 Å². The van der Waals surface area contributed by atoms with E-state index in [2.05, 4.69) is 10.2 Å². The van der Waals surface area contributed by atoms with E-state index in [1.165, 1.54) is 6.20 Å². The third-order valence-corrected chi connectivity index (χ3v) is 2.14. The number of aromatic nitrogens is 2. The molecule has 6 heteroatoms. The maximum Gasteiger partial charge on any atom is 0.244 e. The van der Waals surface area contributed by atoms with E-state index < -0.39 is 0 Å². The van der Waals surface area contributed by atoms with Crippen LogP contribution >= 0.6 is 0 Å². The fourth-order valence-electron chi connectivity index (χ4n) is 1.37. The summed E-state index contributed by atoms with van der Waals surface area (Å²) in [5, 5.41) is 14.9. The van der Waals surface area contributed by atoms with Gasteiger partial charge in [-0.05, 0) is 6.07 Å². The van der Waals surface area contributed by atoms with Gasteiger partial charge in [0.1, 0.15) is 11.9 Å². The number of rotatable bonds is 3. The van der Waals surface area contributed by atoms with Crippen LogP contribution in [-0.2, 0) is 4.74 Å². The predicted octanol–water partition coefficient (Wildman–Crippen LogP) is -0.0716. The van der Waals surface area contributed by atoms with Crippen LogP contribution in [0.2, 0.25) is 0 Å². The molecule has 0 spiro atoms. The van der Waals surface area contributed by atoms with E-state index in [-0.39, 0.29) is 11.9 Å². The second kappa shape index (κ2) is 4.22. The topological polar surface area (TPSA) is 94.1 Å². The Hall–Kier alpha value is -1.69. The maximum atomic E-state index is 7.35. The number of ether oxygens (including phenoxy) is 2. The van der Waals surface area contributed by atoms with Crippen molar-refractivity contribution < 1.29 is 9.47 Å². The van der Waals surface area contributed by atoms with E-state index >= 15 is 0 Å². The summed E-state index contributed by atoms with van der Waals surface area (Å²) >= 11 is 0. The van der Waals surface area contributed by atoms with Crippen molar-refractivity contribution >= 4 is 5.84 Å². The van der Waals surface area contributed by atoms with Gasteiger partial charge >= 0.3 is 0 Å². The van der Waals surface area contributed by atoms with Crippen LogP contribution in [0.1, 0.15) is 12.0 Å². The monoisotopic (exact) mass is 208 g/mol. The molecular formula is C9H12N4O2. The highest BCUT2D eigenvalue weighted by molar-refractivity contribution is 5.96. The van der Waals surface area contributed by atoms with Crippen LogP contribution in [-0.4, -0.2) is 35.4 Å². The zero-order valence-corrected chi connectivity index (χ0v) is 8.14. The molecule has 6 nitrogen and oxygen atoms in total. The van der Waals surface area contributed by atoms with Gasteiger partial charge in [0.2, 0.25) is 5.88 Å². The van der Waals surface area contributed by atoms with Gasteiger partial charge in [-0.15, -0.1) is 5.10 Å². The van der Waals surface area contributed by atoms with Gasteiger partial charge in [-0.2, -0.15) is 5.10 Å². The average Bonchev–Trinajstić information content (AvgIpc) is 2.71. The van der Waals surface area contributed by atoms with Gasteiger partial charge in [0.15, 0.2) is 0 Å². The molecule has 3 N–H and O–H groups in total. The van der Waals surface area contributed by atoms with Crippen LogP contribution in [0.3, 0.4) is 0 Å². The molecule has 1 fully saturated rings. The fourth-order valence-corrected chi connectivity index (χ4v) is 1.37. The zero-order valence-electron chi connectivity index (χ0n) is 8.14. The van der Waals surface area contributed by atoms with Crippen LogP contribution < -0.4 is 10.5 Å². The molecule has 2 heterocycles. The van der Waals surface area contributed by atoms with Gasteiger partial charge in [0.05, 0.1) is 25.0 Å². The summed E-state index contributed by atoms with van der Waals surface area (Å²) in [6.07, 6.45) is 2.29. The van der Waals surface area contributed by atoms with Gasteiger partial charge < -0.3 is 15.2 Å². The number of hydrogen-bond donors (Lipinski definition) is 2. The maximum absolute atomic E-state index is 7.35. The largest absolute Gasteiger partial charge is 0.470 e. The molecule has 0 amide bonds. The third kappa shape index (κ3) is 2.21. The normalized spacial score (nSPS) is 20.1. The van der Waals surface area contributed by atoms with Gasteiger partial charge in [0, 0.05) is 6.42 Å². The van der Waals surface area contributed by atoms with Crippen molar-refractivity contribution in [3.05, 3.63) is 17.8 Å². The highest BCUT2D eigenvalue weighted by atomic mass is 16.5. The Morgan fingerprint density at radius 2 is 2.53 bits per heavy atom. The van der Waals surface area contributed by atoms with Gasteiger partial charge in [0.25, 0.3) is 0 Å². The molecule has 1 aliphatic heterocycles. The Balaban J connectivity index is 2.15. The minimum absolute atomic E-state index is 0.0141. The lowest BCUT2D eigenvalue weighted by Gasteiger charge is -2.12. The molecule has 2 rings (SSSR count). The Morgan fingerprint density at radius 1 is 1.67 bits per heavy atom. The van der Waals surface area contributed by atoms with E-state index in [4.69, 9.17) is 20.6 Å². The standard InChI is InChI=1S/C9H12N4O2/c10-8(11)7-1-3-12-13-9(7)15-6-2-4-14-5-6/h1,3,6H,2,4-5H2,(H3,10,11). The lowest BCUT2D eigenvalue weighted by Crippen LogP contribution is -2.21. The van der Waals surface area contributed by atoms with Crippen molar-refractivity contribution in [3.63, 3.8) is 0 Å². The van der Waals surface area contributed by atoms with Gasteiger partial charge in [-0.3, -0.25) is 5.41 Å². The van der Waals surface area contributed by atoms with Crippen LogP contribution in [0, 0.1) is 5.41 Å². The second-order valence-corrected chi connectivity index (χ2v) is 3.27. The highest BCUT2D eigenvalue weighted by Gasteiger charge is 2.20. The van der Waals surface area contributed by atoms with Crippen molar-refractivity contribution in [3.8, 4) is 5.88 Å². The second-order valence-electron chi connectivity index (χ2n) is 3.27. The molecule has 1 aromatic heterocycles. The molecule has 0 radical (unpaired) electrons. The first-order valence-corrected chi connectivity index (χ1v) is 4.68. The van der Waals surface area contributed by atoms with Crippen molar-refractivity contribution in [1.29, 1.82) is 5.41 Å². The molecule has 15 heavy (non-hydrogen) atoms. The summed E-state index contributed by atoms with van der Waals surface area (Å²) in [6.45, 7) is 1.24. The van der Waals surface area contributed by atoms with Crippen molar-refractivity contribution in [1.82, 2.24) is 10.2 Å². The Bertz CT molecular complexity index is 363. The van der Waals surface area contributed by atoms with Crippen LogP contribution in [0.4, 0.5) is 0 Å². The summed E-state index contributed by atoms with van der Waals surface area (Å²) in [5.41, 5.74) is 5.86. The molecule has 80 valence electrons. The van der Waals surface area contributed by atoms with E-state index in [0.29, 0.717) is 24.7 Å². The predicted molar refractivity (Wildman–Crippen MR) is 52.9 cm³/mol. The van der Waals surface area contributed by atoms with Crippen LogP contribution in [0.5, 0.6) is 5.88 Å². The minimum Gasteiger partial charge on any atom is -0.470 e. The quantitative estimate of drug-likeness (QED) is 0.535. The SMILES string of the molecule is N=C(N)c1ccnnc1OC1CCOC1. The van der Waals surface area contributed by atoms with Crippen LogP contribution in [0.25, 0.3) is 0 Å². The van der Waals surface area contributed by atoms with E-state index in [0.717, 1.165) is 6.42 Å². The molecule has 0 bridgehead atoms. The number of hydrogen-bond acceptors (Lipinski definition) is 5. The first-order chi connectivity index (χ1) is 7.27. The summed E-state index contributed by atoms with van der Waals surface area (Å²) in [7, 11) is 0. The smallest absolute Gasteiger partial charge is 0.244 e. The summed E-state index contributed by atoms with van der Waals surface area (Å²) in [4.78, 5) is 0. The molecule has 0 saturated carbocycles. The molecule has 1 saturated heterocycles. The van der Waals surface area contributed by atoms with Crippen molar-refractivity contribution in [2.75, 3.05) is 13.2 Å². The summed E-state index contributed by atoms with van der Waals surface area (Å²) < 4.78 is 10.7. The van der Waals surface area contributed by atoms with Gasteiger partial charge in [-0.25, -0.2) is 0 Å². The Morgan fingerprint density at radius 3 is 3.20 bits per heavy atom. The Labute approximate surface area is 86.9 Å². The Kier molecular flexibility index (Phi) is 2.77. The molecule has 1 atom stereocenters. The lowest BCUT2D eigenvalue weighted by molar-refractivity contribution is 0.137. The first-order valence-electron chi connectivity index (χ1n) is 4.68. The van der Waals surface area contributed by atoms with Crippen molar-refractivity contribution in [2.24, 2.45) is 5.73 Å². The molecule has 0 aliphatic carbocycles. The highest BCUT2D eigenvalue weighted by Crippen LogP contribution is 2.17. The summed E-state index contributed by atoms with van der Waals surface area (Å²) in [6, 6.07) is 1.61. The number of amidine groups is 1. The number of nitrogens with zero attached hydrogens (tertiary/aromatic N) is 2. The first kappa shape index (κ1) is 9.85. The third-order valence-electron chi connectivity index (χ3n) is 2.14. The number of nitrogen functional groups attached to an aromatic ring is 1. The van der Waals surface area contributed by atoms with Gasteiger partial charge in [-0.1, -0.05) is 0 Å². The van der Waals surface area contributed by atoms with Crippen molar-refractivity contribution in [2.45, 2.75) is 12.5 Å². The summed E-state index contributed by atoms with van der Waals surface area (Å²) in [5.74, 6) is 0.235. The molecule has 1 unspecified atom stereocenters. The lowest BCUT2D eigenvalue weighted by atomic mass is 10.2. The number of nitrogens with two attached hydrogens (primary N) is 1. The molecule has 1 aliphatic rings. The molecule has 0 aromatic carbocycles. The minimum atomic E-state index is -0.0705.